The third kappa shape index (κ3) is 5.63. The van der Waals surface area contributed by atoms with Crippen molar-refractivity contribution >= 4 is 39.3 Å². The summed E-state index contributed by atoms with van der Waals surface area (Å²) >= 11 is 12.0. The molecule has 1 fully saturated rings. The number of aliphatic imine (C=N–C) groups is 1. The number of rotatable bonds is 7. The fourth-order valence-corrected chi connectivity index (χ4v) is 4.82. The first-order valence-electron chi connectivity index (χ1n) is 8.93. The van der Waals surface area contributed by atoms with Gasteiger partial charge in [-0.05, 0) is 54.8 Å². The van der Waals surface area contributed by atoms with Crippen LogP contribution in [0.2, 0.25) is 10.0 Å². The minimum absolute atomic E-state index is 0.118. The van der Waals surface area contributed by atoms with Crippen LogP contribution in [0.5, 0.6) is 11.5 Å². The van der Waals surface area contributed by atoms with Gasteiger partial charge in [-0.15, -0.1) is 0 Å². The Morgan fingerprint density at radius 3 is 2.61 bits per heavy atom. The van der Waals surface area contributed by atoms with Gasteiger partial charge in [-0.3, -0.25) is 4.99 Å². The number of ether oxygens (including phenoxy) is 2. The van der Waals surface area contributed by atoms with Crippen LogP contribution in [0.3, 0.4) is 0 Å². The number of hydrogen-bond acceptors (Lipinski definition) is 5. The Morgan fingerprint density at radius 2 is 1.93 bits per heavy atom. The van der Waals surface area contributed by atoms with Crippen molar-refractivity contribution in [2.24, 2.45) is 4.99 Å². The van der Waals surface area contributed by atoms with Crippen LogP contribution in [-0.4, -0.2) is 38.8 Å². The third-order valence-electron chi connectivity index (χ3n) is 4.29. The predicted molar refractivity (Wildman–Crippen MR) is 113 cm³/mol. The summed E-state index contributed by atoms with van der Waals surface area (Å²) < 4.78 is 34.6. The first kappa shape index (κ1) is 21.0. The van der Waals surface area contributed by atoms with E-state index in [1.165, 1.54) is 0 Å². The van der Waals surface area contributed by atoms with E-state index in [1.807, 2.05) is 31.2 Å². The molecule has 0 spiro atoms. The zero-order valence-electron chi connectivity index (χ0n) is 15.4. The second-order valence-electron chi connectivity index (χ2n) is 6.51. The smallest absolute Gasteiger partial charge is 0.161 e. The summed E-state index contributed by atoms with van der Waals surface area (Å²) in [5.74, 6) is 1.53. The summed E-state index contributed by atoms with van der Waals surface area (Å²) in [5.41, 5.74) is 1.72. The highest BCUT2D eigenvalue weighted by molar-refractivity contribution is 7.91. The number of benzene rings is 2. The van der Waals surface area contributed by atoms with Crippen LogP contribution in [0.25, 0.3) is 0 Å². The van der Waals surface area contributed by atoms with E-state index in [2.05, 4.69) is 4.99 Å². The zero-order chi connectivity index (χ0) is 20.1. The summed E-state index contributed by atoms with van der Waals surface area (Å²) in [5, 5.41) is 0.979. The van der Waals surface area contributed by atoms with Gasteiger partial charge in [0.05, 0.1) is 34.2 Å². The molecule has 1 atom stereocenters. The number of sulfone groups is 1. The van der Waals surface area contributed by atoms with E-state index in [-0.39, 0.29) is 17.5 Å². The lowest BCUT2D eigenvalue weighted by Crippen LogP contribution is -2.07. The summed E-state index contributed by atoms with van der Waals surface area (Å²) in [6.07, 6.45) is 2.26. The molecule has 1 saturated heterocycles. The highest BCUT2D eigenvalue weighted by atomic mass is 35.5. The van der Waals surface area contributed by atoms with Gasteiger partial charge in [0.15, 0.2) is 21.3 Å². The van der Waals surface area contributed by atoms with E-state index in [9.17, 15) is 8.42 Å². The van der Waals surface area contributed by atoms with Crippen molar-refractivity contribution < 1.29 is 17.9 Å². The Kier molecular flexibility index (Phi) is 6.86. The average Bonchev–Trinajstić information content (AvgIpc) is 3.01. The van der Waals surface area contributed by atoms with Crippen molar-refractivity contribution in [1.29, 1.82) is 0 Å². The van der Waals surface area contributed by atoms with E-state index < -0.39 is 9.84 Å². The topological polar surface area (TPSA) is 65.0 Å². The highest BCUT2D eigenvalue weighted by Gasteiger charge is 2.26. The van der Waals surface area contributed by atoms with E-state index in [1.54, 1.807) is 18.3 Å². The molecule has 0 saturated carbocycles. The zero-order valence-corrected chi connectivity index (χ0v) is 17.7. The second-order valence-corrected chi connectivity index (χ2v) is 9.55. The van der Waals surface area contributed by atoms with Gasteiger partial charge in [-0.1, -0.05) is 29.3 Å². The molecule has 2 aromatic rings. The molecular weight excluding hydrogens is 421 g/mol. The lowest BCUT2D eigenvalue weighted by molar-refractivity contribution is 0.269. The first-order valence-corrected chi connectivity index (χ1v) is 11.5. The molecule has 0 aliphatic carbocycles. The van der Waals surface area contributed by atoms with E-state index in [4.69, 9.17) is 32.7 Å². The Bertz CT molecular complexity index is 976. The third-order valence-corrected chi connectivity index (χ3v) is 6.78. The van der Waals surface area contributed by atoms with Gasteiger partial charge in [-0.25, -0.2) is 8.42 Å². The van der Waals surface area contributed by atoms with Crippen LogP contribution < -0.4 is 9.47 Å². The van der Waals surface area contributed by atoms with Gasteiger partial charge in [0.25, 0.3) is 0 Å². The van der Waals surface area contributed by atoms with Crippen molar-refractivity contribution in [1.82, 2.24) is 0 Å². The van der Waals surface area contributed by atoms with Crippen LogP contribution >= 0.6 is 23.2 Å². The molecule has 0 aromatic heterocycles. The molecule has 3 rings (SSSR count). The molecule has 28 heavy (non-hydrogen) atoms. The maximum atomic E-state index is 11.5. The van der Waals surface area contributed by atoms with Gasteiger partial charge in [-0.2, -0.15) is 0 Å². The standard InChI is InChI=1S/C20H21Cl2NO4S/c1-2-26-20-10-14(11-23-16-7-8-28(24,25)13-16)4-6-19(20)27-12-15-3-5-17(21)18(22)9-15/h3-6,9-11,16H,2,7-8,12-13H2,1H3/t16-/m0/s1. The molecule has 150 valence electrons. The molecule has 0 radical (unpaired) electrons. The Hall–Kier alpha value is -1.76. The molecule has 5 nitrogen and oxygen atoms in total. The fourth-order valence-electron chi connectivity index (χ4n) is 2.87. The van der Waals surface area contributed by atoms with Crippen LogP contribution in [0.4, 0.5) is 0 Å². The van der Waals surface area contributed by atoms with Gasteiger partial charge in [0, 0.05) is 6.21 Å². The number of nitrogens with zero attached hydrogens (tertiary/aromatic N) is 1. The van der Waals surface area contributed by atoms with Gasteiger partial charge in [0.2, 0.25) is 0 Å². The average molecular weight is 442 g/mol. The van der Waals surface area contributed by atoms with Crippen LogP contribution in [0.1, 0.15) is 24.5 Å². The molecular formula is C20H21Cl2NO4S. The molecule has 8 heteroatoms. The molecule has 0 unspecified atom stereocenters. The summed E-state index contributed by atoms with van der Waals surface area (Å²) in [4.78, 5) is 4.40. The summed E-state index contributed by atoms with van der Waals surface area (Å²) in [6.45, 7) is 2.71. The second kappa shape index (κ2) is 9.16. The van der Waals surface area contributed by atoms with Crippen molar-refractivity contribution in [2.75, 3.05) is 18.1 Å². The molecule has 1 heterocycles. The quantitative estimate of drug-likeness (QED) is 0.589. The van der Waals surface area contributed by atoms with Crippen LogP contribution in [0.15, 0.2) is 41.4 Å². The van der Waals surface area contributed by atoms with E-state index in [0.717, 1.165) is 11.1 Å². The highest BCUT2D eigenvalue weighted by Crippen LogP contribution is 2.30. The minimum atomic E-state index is -2.94. The molecule has 1 aliphatic rings. The largest absolute Gasteiger partial charge is 0.490 e. The molecule has 0 amide bonds. The fraction of sp³-hybridized carbons (Fsp3) is 0.350. The Labute approximate surface area is 175 Å². The van der Waals surface area contributed by atoms with Crippen molar-refractivity contribution in [2.45, 2.75) is 26.0 Å². The van der Waals surface area contributed by atoms with Gasteiger partial charge < -0.3 is 9.47 Å². The van der Waals surface area contributed by atoms with E-state index >= 15 is 0 Å². The Morgan fingerprint density at radius 1 is 1.11 bits per heavy atom. The van der Waals surface area contributed by atoms with Gasteiger partial charge >= 0.3 is 0 Å². The number of halogens is 2. The van der Waals surface area contributed by atoms with Crippen molar-refractivity contribution in [3.05, 3.63) is 57.6 Å². The number of hydrogen-bond donors (Lipinski definition) is 0. The monoisotopic (exact) mass is 441 g/mol. The van der Waals surface area contributed by atoms with Crippen LogP contribution in [-0.2, 0) is 16.4 Å². The maximum Gasteiger partial charge on any atom is 0.161 e. The van der Waals surface area contributed by atoms with Crippen LogP contribution in [0, 0.1) is 0 Å². The van der Waals surface area contributed by atoms with E-state index in [0.29, 0.717) is 41.2 Å². The SMILES string of the molecule is CCOc1cc(C=N[C@H]2CCS(=O)(=O)C2)ccc1OCc1ccc(Cl)c(Cl)c1. The molecule has 0 bridgehead atoms. The molecule has 0 N–H and O–H groups in total. The minimum Gasteiger partial charge on any atom is -0.490 e. The predicted octanol–water partition coefficient (Wildman–Crippen LogP) is 4.58. The lowest BCUT2D eigenvalue weighted by Gasteiger charge is -2.13. The lowest BCUT2D eigenvalue weighted by atomic mass is 10.2. The maximum absolute atomic E-state index is 11.5. The van der Waals surface area contributed by atoms with Gasteiger partial charge in [0.1, 0.15) is 6.61 Å². The summed E-state index contributed by atoms with van der Waals surface area (Å²) in [7, 11) is -2.94. The normalized spacial score (nSPS) is 18.5. The summed E-state index contributed by atoms with van der Waals surface area (Å²) in [6, 6.07) is 10.7. The Balaban J connectivity index is 1.70. The van der Waals surface area contributed by atoms with Crippen molar-refractivity contribution in [3.63, 3.8) is 0 Å². The van der Waals surface area contributed by atoms with Crippen molar-refractivity contribution in [3.8, 4) is 11.5 Å². The molecule has 2 aromatic carbocycles. The molecule has 1 aliphatic heterocycles. The first-order chi connectivity index (χ1) is 13.4.